The van der Waals surface area contributed by atoms with Gasteiger partial charge in [-0.3, -0.25) is 4.31 Å². The van der Waals surface area contributed by atoms with Gasteiger partial charge in [0.05, 0.1) is 48.2 Å². The maximum Gasteiger partial charge on any atom is 0.417 e. The Morgan fingerprint density at radius 3 is 2.76 bits per heavy atom. The number of hydrogen-bond donors (Lipinski definition) is 1. The van der Waals surface area contributed by atoms with Crippen LogP contribution in [0.15, 0.2) is 18.2 Å². The number of alkyl halides is 3. The Kier molecular flexibility index (Phi) is 4.43. The first kappa shape index (κ1) is 19.8. The summed E-state index contributed by atoms with van der Waals surface area (Å²) in [5.74, 6) is -0.508. The van der Waals surface area contributed by atoms with E-state index in [2.05, 4.69) is 10.1 Å². The lowest BCUT2D eigenvalue weighted by Gasteiger charge is -2.25. The molecular weight excluding hydrogens is 415 g/mol. The van der Waals surface area contributed by atoms with Crippen LogP contribution in [0.1, 0.15) is 17.5 Å². The van der Waals surface area contributed by atoms with Gasteiger partial charge in [0.2, 0.25) is 10.0 Å². The number of alkyl carbamates (subject to hydrolysis) is 1. The number of sulfonamides is 1. The van der Waals surface area contributed by atoms with Crippen molar-refractivity contribution in [3.8, 4) is 6.07 Å². The number of fused-ring (bicyclic) bond motifs is 5. The number of hydrogen-bond acceptors (Lipinski definition) is 6. The molecule has 0 spiro atoms. The van der Waals surface area contributed by atoms with E-state index in [-0.39, 0.29) is 18.7 Å². The minimum Gasteiger partial charge on any atom is -0.453 e. The van der Waals surface area contributed by atoms with Gasteiger partial charge >= 0.3 is 12.3 Å². The van der Waals surface area contributed by atoms with Crippen LogP contribution in [-0.4, -0.2) is 51.7 Å². The predicted octanol–water partition coefficient (Wildman–Crippen LogP) is 1.61. The Balaban J connectivity index is 1.66. The fraction of sp³-hybridized carbons (Fsp3) is 0.529. The zero-order chi connectivity index (χ0) is 21.1. The molecule has 3 aliphatic heterocycles. The Morgan fingerprint density at radius 2 is 2.14 bits per heavy atom. The van der Waals surface area contributed by atoms with Crippen molar-refractivity contribution in [2.75, 3.05) is 18.0 Å². The summed E-state index contributed by atoms with van der Waals surface area (Å²) in [6.45, 7) is -0.0727. The lowest BCUT2D eigenvalue weighted by atomic mass is 9.85. The third-order valence-electron chi connectivity index (χ3n) is 5.66. The summed E-state index contributed by atoms with van der Waals surface area (Å²) in [6.07, 6.45) is -6.43. The molecule has 2 bridgehead atoms. The van der Waals surface area contributed by atoms with Crippen molar-refractivity contribution in [3.05, 3.63) is 29.3 Å². The first-order chi connectivity index (χ1) is 13.6. The second kappa shape index (κ2) is 6.50. The number of carbonyl (C=O) groups is 1. The van der Waals surface area contributed by atoms with E-state index in [9.17, 15) is 26.4 Å². The SMILES string of the molecule is COC(=O)N[C@@H]1C[C@H]2O[C@@H]1C1CN(c3ccc(C#N)c(C(F)(F)F)c3)S(=O)(=O)C12. The van der Waals surface area contributed by atoms with Gasteiger partial charge in [0.15, 0.2) is 0 Å². The highest BCUT2D eigenvalue weighted by Crippen LogP contribution is 2.49. The molecule has 1 N–H and O–H groups in total. The van der Waals surface area contributed by atoms with Gasteiger partial charge in [-0.15, -0.1) is 0 Å². The molecule has 8 nitrogen and oxygen atoms in total. The highest BCUT2D eigenvalue weighted by molar-refractivity contribution is 7.93. The summed E-state index contributed by atoms with van der Waals surface area (Å²) in [6, 6.07) is 3.88. The van der Waals surface area contributed by atoms with Gasteiger partial charge in [0.1, 0.15) is 5.25 Å². The Hall–Kier alpha value is -2.52. The molecule has 3 aliphatic rings. The molecule has 1 aromatic carbocycles. The van der Waals surface area contributed by atoms with E-state index in [0.717, 1.165) is 10.4 Å². The van der Waals surface area contributed by atoms with Crippen LogP contribution in [0, 0.1) is 17.2 Å². The predicted molar refractivity (Wildman–Crippen MR) is 92.3 cm³/mol. The van der Waals surface area contributed by atoms with Gasteiger partial charge < -0.3 is 14.8 Å². The average Bonchev–Trinajstić information content (AvgIpc) is 3.30. The van der Waals surface area contributed by atoms with Gasteiger partial charge in [-0.25, -0.2) is 13.2 Å². The molecule has 3 heterocycles. The summed E-state index contributed by atoms with van der Waals surface area (Å²) in [5.41, 5.74) is -1.92. The van der Waals surface area contributed by atoms with Crippen LogP contribution in [0.4, 0.5) is 23.7 Å². The van der Waals surface area contributed by atoms with Crippen molar-refractivity contribution in [2.24, 2.45) is 5.92 Å². The van der Waals surface area contributed by atoms with E-state index in [1.807, 2.05) is 0 Å². The van der Waals surface area contributed by atoms with Crippen LogP contribution in [0.3, 0.4) is 0 Å². The van der Waals surface area contributed by atoms with Crippen LogP contribution < -0.4 is 9.62 Å². The molecule has 3 saturated heterocycles. The number of benzene rings is 1. The van der Waals surface area contributed by atoms with Crippen LogP contribution >= 0.6 is 0 Å². The number of rotatable bonds is 2. The van der Waals surface area contributed by atoms with Crippen LogP contribution in [-0.2, 0) is 25.7 Å². The van der Waals surface area contributed by atoms with E-state index in [4.69, 9.17) is 10.00 Å². The number of nitrogens with zero attached hydrogens (tertiary/aromatic N) is 2. The van der Waals surface area contributed by atoms with E-state index in [1.54, 1.807) is 0 Å². The number of nitriles is 1. The number of halogens is 3. The number of nitrogens with one attached hydrogen (secondary N) is 1. The lowest BCUT2D eigenvalue weighted by Crippen LogP contribution is -2.48. The van der Waals surface area contributed by atoms with Crippen LogP contribution in [0.2, 0.25) is 0 Å². The molecule has 5 atom stereocenters. The summed E-state index contributed by atoms with van der Waals surface area (Å²) >= 11 is 0. The number of anilines is 1. The third-order valence-corrected chi connectivity index (χ3v) is 7.97. The Bertz CT molecular complexity index is 1010. The van der Waals surface area contributed by atoms with Crippen molar-refractivity contribution in [1.29, 1.82) is 5.26 Å². The quantitative estimate of drug-likeness (QED) is 0.762. The number of carbonyl (C=O) groups excluding carboxylic acids is 1. The zero-order valence-electron chi connectivity index (χ0n) is 15.0. The molecule has 0 aromatic heterocycles. The topological polar surface area (TPSA) is 109 Å². The maximum atomic E-state index is 13.3. The highest BCUT2D eigenvalue weighted by atomic mass is 32.2. The van der Waals surface area contributed by atoms with E-state index in [0.29, 0.717) is 6.07 Å². The number of ether oxygens (including phenoxy) is 2. The van der Waals surface area contributed by atoms with E-state index >= 15 is 0 Å². The van der Waals surface area contributed by atoms with Crippen molar-refractivity contribution in [2.45, 2.75) is 36.1 Å². The zero-order valence-corrected chi connectivity index (χ0v) is 15.8. The Morgan fingerprint density at radius 1 is 1.41 bits per heavy atom. The monoisotopic (exact) mass is 431 g/mol. The smallest absolute Gasteiger partial charge is 0.417 e. The van der Waals surface area contributed by atoms with E-state index < -0.39 is 62.8 Å². The average molecular weight is 431 g/mol. The second-order valence-corrected chi connectivity index (χ2v) is 9.18. The molecule has 2 unspecified atom stereocenters. The van der Waals surface area contributed by atoms with Crippen molar-refractivity contribution < 1.29 is 35.9 Å². The van der Waals surface area contributed by atoms with Gasteiger partial charge in [-0.1, -0.05) is 0 Å². The summed E-state index contributed by atoms with van der Waals surface area (Å²) in [7, 11) is -2.77. The Labute approximate surface area is 164 Å². The molecule has 3 fully saturated rings. The molecule has 12 heteroatoms. The van der Waals surface area contributed by atoms with Crippen molar-refractivity contribution in [3.63, 3.8) is 0 Å². The van der Waals surface area contributed by atoms with Gasteiger partial charge in [0, 0.05) is 12.5 Å². The van der Waals surface area contributed by atoms with E-state index in [1.165, 1.54) is 19.2 Å². The first-order valence-corrected chi connectivity index (χ1v) is 10.2. The van der Waals surface area contributed by atoms with Gasteiger partial charge in [-0.2, -0.15) is 18.4 Å². The molecule has 0 aliphatic carbocycles. The third kappa shape index (κ3) is 3.00. The molecule has 0 radical (unpaired) electrons. The molecule has 29 heavy (non-hydrogen) atoms. The minimum atomic E-state index is -4.79. The lowest BCUT2D eigenvalue weighted by molar-refractivity contribution is -0.137. The molecular formula is C17H16F3N3O5S. The van der Waals surface area contributed by atoms with Crippen molar-refractivity contribution >= 4 is 21.8 Å². The van der Waals surface area contributed by atoms with Crippen LogP contribution in [0.5, 0.6) is 0 Å². The minimum absolute atomic E-state index is 0.0727. The van der Waals surface area contributed by atoms with Crippen molar-refractivity contribution in [1.82, 2.24) is 5.32 Å². The highest BCUT2D eigenvalue weighted by Gasteiger charge is 2.64. The largest absolute Gasteiger partial charge is 0.453 e. The normalized spacial score (nSPS) is 32.0. The molecule has 4 rings (SSSR count). The summed E-state index contributed by atoms with van der Waals surface area (Å²) in [5, 5.41) is 10.6. The molecule has 1 aromatic rings. The second-order valence-electron chi connectivity index (χ2n) is 7.16. The van der Waals surface area contributed by atoms with Gasteiger partial charge in [-0.05, 0) is 24.6 Å². The standard InChI is InChI=1S/C17H16F3N3O5S/c1-27-16(24)22-12-5-13-15-10(14(12)28-13)7-23(29(15,25)26)9-3-2-8(6-21)11(4-9)17(18,19)20/h2-4,10,12-15H,5,7H2,1H3,(H,22,24)/t10?,12-,13-,14-,15?/m1/s1. The fourth-order valence-electron chi connectivity index (χ4n) is 4.50. The first-order valence-electron chi connectivity index (χ1n) is 8.70. The number of amides is 1. The van der Waals surface area contributed by atoms with Gasteiger partial charge in [0.25, 0.3) is 0 Å². The summed E-state index contributed by atoms with van der Waals surface area (Å²) < 4.78 is 77.2. The number of methoxy groups -OCH3 is 1. The molecule has 1 amide bonds. The molecule has 156 valence electrons. The maximum absolute atomic E-state index is 13.3. The van der Waals surface area contributed by atoms with Crippen LogP contribution in [0.25, 0.3) is 0 Å². The summed E-state index contributed by atoms with van der Waals surface area (Å²) in [4.78, 5) is 11.5. The fourth-order valence-corrected chi connectivity index (χ4v) is 6.82. The molecule has 0 saturated carbocycles.